The molecule has 0 aromatic rings. The summed E-state index contributed by atoms with van der Waals surface area (Å²) in [6, 6.07) is -0.609. The standard InChI is InChI=1S/C9H18N2O4/c1-9(2,3)15-8(13)10-6-7(11-14)4-5-12/h7,12H,4-6H2,1-3H3,(H,10,13). The number of ether oxygens (including phenoxy) is 1. The van der Waals surface area contributed by atoms with Gasteiger partial charge in [0.15, 0.2) is 0 Å². The Bertz CT molecular complexity index is 213. The number of hydrogen-bond acceptors (Lipinski definition) is 5. The molecule has 1 unspecified atom stereocenters. The van der Waals surface area contributed by atoms with Crippen LogP contribution in [-0.2, 0) is 4.74 Å². The van der Waals surface area contributed by atoms with Gasteiger partial charge in [-0.15, -0.1) is 0 Å². The number of nitrogens with one attached hydrogen (secondary N) is 1. The monoisotopic (exact) mass is 218 g/mol. The van der Waals surface area contributed by atoms with E-state index in [9.17, 15) is 9.70 Å². The summed E-state index contributed by atoms with van der Waals surface area (Å²) in [7, 11) is 0. The first kappa shape index (κ1) is 13.8. The van der Waals surface area contributed by atoms with E-state index in [2.05, 4.69) is 10.5 Å². The minimum Gasteiger partial charge on any atom is -0.444 e. The number of nitroso groups, excluding NO2 is 1. The first-order chi connectivity index (χ1) is 6.89. The zero-order valence-electron chi connectivity index (χ0n) is 9.32. The number of carbonyl (C=O) groups is 1. The van der Waals surface area contributed by atoms with Crippen LogP contribution in [0.4, 0.5) is 4.79 Å². The van der Waals surface area contributed by atoms with Crippen LogP contribution in [0, 0.1) is 4.91 Å². The molecule has 88 valence electrons. The number of hydrogen-bond donors (Lipinski definition) is 2. The Kier molecular flexibility index (Phi) is 5.84. The smallest absolute Gasteiger partial charge is 0.407 e. The van der Waals surface area contributed by atoms with Crippen LogP contribution < -0.4 is 5.32 Å². The van der Waals surface area contributed by atoms with E-state index in [-0.39, 0.29) is 19.6 Å². The van der Waals surface area contributed by atoms with E-state index < -0.39 is 17.7 Å². The number of alkyl carbamates (subject to hydrolysis) is 1. The molecule has 0 heterocycles. The molecule has 0 aliphatic heterocycles. The molecule has 0 aliphatic rings. The highest BCUT2D eigenvalue weighted by Gasteiger charge is 2.17. The summed E-state index contributed by atoms with van der Waals surface area (Å²) < 4.78 is 4.95. The summed E-state index contributed by atoms with van der Waals surface area (Å²) in [6.45, 7) is 5.19. The first-order valence-electron chi connectivity index (χ1n) is 4.79. The fraction of sp³-hybridized carbons (Fsp3) is 0.889. The van der Waals surface area contributed by atoms with Gasteiger partial charge < -0.3 is 15.2 Å². The topological polar surface area (TPSA) is 88.0 Å². The molecule has 0 spiro atoms. The van der Waals surface area contributed by atoms with Crippen molar-refractivity contribution in [3.05, 3.63) is 4.91 Å². The highest BCUT2D eigenvalue weighted by atomic mass is 16.6. The fourth-order valence-corrected chi connectivity index (χ4v) is 0.856. The van der Waals surface area contributed by atoms with E-state index in [0.29, 0.717) is 0 Å². The zero-order valence-corrected chi connectivity index (χ0v) is 9.32. The third kappa shape index (κ3) is 7.87. The van der Waals surface area contributed by atoms with Gasteiger partial charge in [-0.3, -0.25) is 0 Å². The van der Waals surface area contributed by atoms with Crippen molar-refractivity contribution < 1.29 is 14.6 Å². The van der Waals surface area contributed by atoms with Crippen LogP contribution in [-0.4, -0.2) is 36.0 Å². The third-order valence-corrected chi connectivity index (χ3v) is 1.49. The molecular weight excluding hydrogens is 200 g/mol. The SMILES string of the molecule is CC(C)(C)OC(=O)NCC(CCO)N=O. The molecule has 0 saturated carbocycles. The number of amides is 1. The van der Waals surface area contributed by atoms with Crippen LogP contribution in [0.5, 0.6) is 0 Å². The summed E-state index contributed by atoms with van der Waals surface area (Å²) in [4.78, 5) is 21.4. The first-order valence-corrected chi connectivity index (χ1v) is 4.79. The lowest BCUT2D eigenvalue weighted by atomic mass is 10.2. The summed E-state index contributed by atoms with van der Waals surface area (Å²) in [5, 5.41) is 13.8. The molecule has 0 radical (unpaired) electrons. The molecule has 0 bridgehead atoms. The van der Waals surface area contributed by atoms with Crippen molar-refractivity contribution in [1.82, 2.24) is 5.32 Å². The van der Waals surface area contributed by atoms with Gasteiger partial charge in [-0.1, -0.05) is 5.18 Å². The van der Waals surface area contributed by atoms with Gasteiger partial charge in [0, 0.05) is 13.2 Å². The quantitative estimate of drug-likeness (QED) is 0.674. The highest BCUT2D eigenvalue weighted by molar-refractivity contribution is 5.67. The van der Waals surface area contributed by atoms with Crippen LogP contribution in [0.1, 0.15) is 27.2 Å². The van der Waals surface area contributed by atoms with Crippen LogP contribution >= 0.6 is 0 Å². The molecular formula is C9H18N2O4. The summed E-state index contributed by atoms with van der Waals surface area (Å²) in [6.07, 6.45) is -0.353. The van der Waals surface area contributed by atoms with E-state index in [0.717, 1.165) is 0 Å². The number of nitrogens with zero attached hydrogens (tertiary/aromatic N) is 1. The molecule has 15 heavy (non-hydrogen) atoms. The highest BCUT2D eigenvalue weighted by Crippen LogP contribution is 2.06. The molecule has 0 saturated heterocycles. The Labute approximate surface area is 89.0 Å². The maximum absolute atomic E-state index is 11.1. The maximum atomic E-state index is 11.1. The molecule has 0 aromatic carbocycles. The molecule has 0 fully saturated rings. The predicted octanol–water partition coefficient (Wildman–Crippen LogP) is 1.03. The van der Waals surface area contributed by atoms with Crippen molar-refractivity contribution in [2.45, 2.75) is 38.8 Å². The lowest BCUT2D eigenvalue weighted by molar-refractivity contribution is 0.0523. The van der Waals surface area contributed by atoms with Gasteiger partial charge in [0.25, 0.3) is 0 Å². The molecule has 1 amide bonds. The second-order valence-electron chi connectivity index (χ2n) is 4.15. The number of carbonyl (C=O) groups excluding carboxylic acids is 1. The lowest BCUT2D eigenvalue weighted by Crippen LogP contribution is -2.36. The molecule has 6 heteroatoms. The van der Waals surface area contributed by atoms with Gasteiger partial charge in [-0.25, -0.2) is 4.79 Å². The maximum Gasteiger partial charge on any atom is 0.407 e. The van der Waals surface area contributed by atoms with Gasteiger partial charge >= 0.3 is 6.09 Å². The normalized spacial score (nSPS) is 13.1. The number of aliphatic hydroxyl groups is 1. The molecule has 2 N–H and O–H groups in total. The molecule has 6 nitrogen and oxygen atoms in total. The van der Waals surface area contributed by atoms with Crippen LogP contribution in [0.25, 0.3) is 0 Å². The Morgan fingerprint density at radius 2 is 2.13 bits per heavy atom. The second-order valence-corrected chi connectivity index (χ2v) is 4.15. The Hall–Kier alpha value is -1.17. The average Bonchev–Trinajstić information content (AvgIpc) is 2.09. The van der Waals surface area contributed by atoms with Gasteiger partial charge in [-0.05, 0) is 27.2 Å². The van der Waals surface area contributed by atoms with E-state index in [1.54, 1.807) is 20.8 Å². The molecule has 1 atom stereocenters. The van der Waals surface area contributed by atoms with Crippen LogP contribution in [0.15, 0.2) is 5.18 Å². The Morgan fingerprint density at radius 1 is 1.53 bits per heavy atom. The minimum atomic E-state index is -0.609. The van der Waals surface area contributed by atoms with Crippen molar-refractivity contribution in [3.63, 3.8) is 0 Å². The van der Waals surface area contributed by atoms with Crippen LogP contribution in [0.3, 0.4) is 0 Å². The molecule has 0 aromatic heterocycles. The van der Waals surface area contributed by atoms with Gasteiger partial charge in [0.2, 0.25) is 0 Å². The average molecular weight is 218 g/mol. The van der Waals surface area contributed by atoms with Crippen molar-refractivity contribution in [3.8, 4) is 0 Å². The van der Waals surface area contributed by atoms with Gasteiger partial charge in [0.1, 0.15) is 11.6 Å². The molecule has 0 rings (SSSR count). The van der Waals surface area contributed by atoms with Gasteiger partial charge in [-0.2, -0.15) is 4.91 Å². The number of rotatable bonds is 5. The Morgan fingerprint density at radius 3 is 2.53 bits per heavy atom. The van der Waals surface area contributed by atoms with E-state index in [4.69, 9.17) is 9.84 Å². The molecule has 0 aliphatic carbocycles. The minimum absolute atomic E-state index is 0.0823. The largest absolute Gasteiger partial charge is 0.444 e. The van der Waals surface area contributed by atoms with Crippen molar-refractivity contribution in [2.24, 2.45) is 5.18 Å². The van der Waals surface area contributed by atoms with Gasteiger partial charge in [0.05, 0.1) is 0 Å². The van der Waals surface area contributed by atoms with E-state index in [1.165, 1.54) is 0 Å². The van der Waals surface area contributed by atoms with Crippen molar-refractivity contribution in [2.75, 3.05) is 13.2 Å². The lowest BCUT2D eigenvalue weighted by Gasteiger charge is -2.20. The fourth-order valence-electron chi connectivity index (χ4n) is 0.856. The number of aliphatic hydroxyl groups excluding tert-OH is 1. The van der Waals surface area contributed by atoms with E-state index in [1.807, 2.05) is 0 Å². The summed E-state index contributed by atoms with van der Waals surface area (Å²) in [5.41, 5.74) is -0.564. The zero-order chi connectivity index (χ0) is 11.9. The van der Waals surface area contributed by atoms with Crippen molar-refractivity contribution in [1.29, 1.82) is 0 Å². The van der Waals surface area contributed by atoms with E-state index >= 15 is 0 Å². The Balaban J connectivity index is 3.83. The summed E-state index contributed by atoms with van der Waals surface area (Å²) >= 11 is 0. The second kappa shape index (κ2) is 6.34. The summed E-state index contributed by atoms with van der Waals surface area (Å²) in [5.74, 6) is 0. The van der Waals surface area contributed by atoms with Crippen LogP contribution in [0.2, 0.25) is 0 Å². The predicted molar refractivity (Wildman–Crippen MR) is 55.5 cm³/mol. The third-order valence-electron chi connectivity index (χ3n) is 1.49. The van der Waals surface area contributed by atoms with Crippen molar-refractivity contribution >= 4 is 6.09 Å².